The van der Waals surface area contributed by atoms with Gasteiger partial charge in [-0.2, -0.15) is 0 Å². The molecule has 1 aromatic carbocycles. The van der Waals surface area contributed by atoms with Crippen molar-refractivity contribution in [1.29, 1.82) is 0 Å². The zero-order valence-corrected chi connectivity index (χ0v) is 14.2. The Kier molecular flexibility index (Phi) is 4.75. The van der Waals surface area contributed by atoms with Crippen LogP contribution in [0.3, 0.4) is 0 Å². The zero-order chi connectivity index (χ0) is 17.1. The van der Waals surface area contributed by atoms with E-state index in [4.69, 9.17) is 0 Å². The van der Waals surface area contributed by atoms with E-state index in [1.54, 1.807) is 11.6 Å². The highest BCUT2D eigenvalue weighted by Gasteiger charge is 2.17. The van der Waals surface area contributed by atoms with Gasteiger partial charge in [-0.15, -0.1) is 5.10 Å². The number of rotatable bonds is 6. The summed E-state index contributed by atoms with van der Waals surface area (Å²) in [5, 5.41) is 19.2. The van der Waals surface area contributed by atoms with Crippen molar-refractivity contribution in [3.05, 3.63) is 41.7 Å². The number of carboxylic acids is 1. The van der Waals surface area contributed by atoms with Gasteiger partial charge in [0.2, 0.25) is 0 Å². The van der Waals surface area contributed by atoms with Gasteiger partial charge in [0, 0.05) is 0 Å². The molecule has 2 aromatic heterocycles. The molecular weight excluding hydrogens is 326 g/mol. The van der Waals surface area contributed by atoms with Crippen molar-refractivity contribution in [1.82, 2.24) is 25.0 Å². The maximum atomic E-state index is 11.1. The molecule has 0 aliphatic carbocycles. The minimum absolute atomic E-state index is 0.440. The maximum absolute atomic E-state index is 11.1. The molecular formula is C16H16N5O2S-. The van der Waals surface area contributed by atoms with Crippen molar-refractivity contribution in [3.63, 3.8) is 0 Å². The van der Waals surface area contributed by atoms with E-state index in [1.165, 1.54) is 11.9 Å². The second kappa shape index (κ2) is 6.96. The third kappa shape index (κ3) is 3.38. The largest absolute Gasteiger partial charge is 0.549 e. The summed E-state index contributed by atoms with van der Waals surface area (Å²) in [5.41, 5.74) is 3.37. The quantitative estimate of drug-likeness (QED) is 0.490. The highest BCUT2D eigenvalue weighted by Crippen LogP contribution is 2.28. The van der Waals surface area contributed by atoms with E-state index in [2.05, 4.69) is 20.3 Å². The monoisotopic (exact) mass is 342 g/mol. The molecule has 24 heavy (non-hydrogen) atoms. The van der Waals surface area contributed by atoms with Gasteiger partial charge in [-0.1, -0.05) is 53.7 Å². The average molecular weight is 342 g/mol. The molecule has 8 heteroatoms. The number of hydrogen-bond acceptors (Lipinski definition) is 7. The van der Waals surface area contributed by atoms with E-state index >= 15 is 0 Å². The lowest BCUT2D eigenvalue weighted by molar-refractivity contribution is -0.304. The van der Waals surface area contributed by atoms with Crippen LogP contribution in [0.25, 0.3) is 11.2 Å². The number of benzene rings is 1. The van der Waals surface area contributed by atoms with Gasteiger partial charge in [-0.05, 0) is 18.9 Å². The van der Waals surface area contributed by atoms with Gasteiger partial charge in [0.15, 0.2) is 11.2 Å². The molecule has 0 saturated carbocycles. The Morgan fingerprint density at radius 1 is 1.29 bits per heavy atom. The van der Waals surface area contributed by atoms with E-state index in [1.807, 2.05) is 31.2 Å². The first-order valence-corrected chi connectivity index (χ1v) is 8.43. The lowest BCUT2D eigenvalue weighted by Gasteiger charge is -2.14. The summed E-state index contributed by atoms with van der Waals surface area (Å²) in [6, 6.07) is 8.14. The predicted octanol–water partition coefficient (Wildman–Crippen LogP) is 1.20. The molecule has 124 valence electrons. The van der Waals surface area contributed by atoms with Gasteiger partial charge >= 0.3 is 0 Å². The van der Waals surface area contributed by atoms with Crippen LogP contribution in [0.4, 0.5) is 0 Å². The minimum atomic E-state index is -1.11. The number of aromatic nitrogens is 5. The van der Waals surface area contributed by atoms with Crippen LogP contribution in [0.2, 0.25) is 0 Å². The highest BCUT2D eigenvalue weighted by molar-refractivity contribution is 8.00. The third-order valence-corrected chi connectivity index (χ3v) is 4.94. The van der Waals surface area contributed by atoms with E-state index in [9.17, 15) is 9.90 Å². The molecule has 0 aliphatic rings. The Bertz CT molecular complexity index is 863. The van der Waals surface area contributed by atoms with Crippen LogP contribution in [0.5, 0.6) is 0 Å². The summed E-state index contributed by atoms with van der Waals surface area (Å²) in [6.45, 7) is 4.36. The number of carbonyl (C=O) groups excluding carboxylic acids is 1. The second-order valence-corrected chi connectivity index (χ2v) is 6.61. The molecule has 3 rings (SSSR count). The summed E-state index contributed by atoms with van der Waals surface area (Å²) in [7, 11) is 0. The number of carboxylic acid groups (broad SMARTS) is 1. The average Bonchev–Trinajstić information content (AvgIpc) is 2.98. The Hall–Kier alpha value is -2.48. The number of aryl methyl sites for hydroxylation is 1. The van der Waals surface area contributed by atoms with Crippen molar-refractivity contribution in [2.75, 3.05) is 0 Å². The van der Waals surface area contributed by atoms with Gasteiger partial charge in [-0.3, -0.25) is 0 Å². The van der Waals surface area contributed by atoms with Gasteiger partial charge in [0.25, 0.3) is 0 Å². The summed E-state index contributed by atoms with van der Waals surface area (Å²) in [5.74, 6) is -1.11. The SMILES string of the molecule is CC[C@@H](Sc1ncnc2c1nnn2Cc1ccc(C)cc1)C(=O)[O-]. The molecule has 0 spiro atoms. The van der Waals surface area contributed by atoms with E-state index < -0.39 is 11.2 Å². The minimum Gasteiger partial charge on any atom is -0.549 e. The Morgan fingerprint density at radius 2 is 2.04 bits per heavy atom. The molecule has 2 heterocycles. The summed E-state index contributed by atoms with van der Waals surface area (Å²) < 4.78 is 1.69. The molecule has 7 nitrogen and oxygen atoms in total. The molecule has 0 fully saturated rings. The number of nitrogens with zero attached hydrogens (tertiary/aromatic N) is 5. The van der Waals surface area contributed by atoms with Crippen LogP contribution in [-0.2, 0) is 11.3 Å². The lowest BCUT2D eigenvalue weighted by Crippen LogP contribution is -2.33. The Balaban J connectivity index is 1.91. The molecule has 0 radical (unpaired) electrons. The van der Waals surface area contributed by atoms with Crippen LogP contribution in [0, 0.1) is 6.92 Å². The molecule has 0 amide bonds. The number of thioether (sulfide) groups is 1. The summed E-state index contributed by atoms with van der Waals surface area (Å²) in [6.07, 6.45) is 1.84. The summed E-state index contributed by atoms with van der Waals surface area (Å²) >= 11 is 1.12. The molecule has 0 saturated heterocycles. The molecule has 0 unspecified atom stereocenters. The van der Waals surface area contributed by atoms with Crippen molar-refractivity contribution in [2.24, 2.45) is 0 Å². The van der Waals surface area contributed by atoms with Crippen LogP contribution in [-0.4, -0.2) is 36.2 Å². The number of carbonyl (C=O) groups is 1. The van der Waals surface area contributed by atoms with Crippen LogP contribution >= 0.6 is 11.8 Å². The lowest BCUT2D eigenvalue weighted by atomic mass is 10.1. The Morgan fingerprint density at radius 3 is 2.71 bits per heavy atom. The Labute approximate surface area is 143 Å². The van der Waals surface area contributed by atoms with Crippen molar-refractivity contribution in [3.8, 4) is 0 Å². The first kappa shape index (κ1) is 16.4. The van der Waals surface area contributed by atoms with Crippen molar-refractivity contribution >= 4 is 28.9 Å². The van der Waals surface area contributed by atoms with Gasteiger partial charge in [-0.25, -0.2) is 14.6 Å². The van der Waals surface area contributed by atoms with E-state index in [0.29, 0.717) is 29.2 Å². The highest BCUT2D eigenvalue weighted by atomic mass is 32.2. The maximum Gasteiger partial charge on any atom is 0.183 e. The van der Waals surface area contributed by atoms with Crippen LogP contribution in [0.1, 0.15) is 24.5 Å². The van der Waals surface area contributed by atoms with Crippen molar-refractivity contribution < 1.29 is 9.90 Å². The fraction of sp³-hybridized carbons (Fsp3) is 0.312. The predicted molar refractivity (Wildman–Crippen MR) is 88.3 cm³/mol. The molecule has 1 atom stereocenters. The number of fused-ring (bicyclic) bond motifs is 1. The van der Waals surface area contributed by atoms with E-state index in [-0.39, 0.29) is 0 Å². The molecule has 0 bridgehead atoms. The molecule has 0 N–H and O–H groups in total. The van der Waals surface area contributed by atoms with Gasteiger partial charge < -0.3 is 9.90 Å². The molecule has 0 aliphatic heterocycles. The van der Waals surface area contributed by atoms with Gasteiger partial charge in [0.1, 0.15) is 11.4 Å². The van der Waals surface area contributed by atoms with E-state index in [0.717, 1.165) is 17.3 Å². The fourth-order valence-corrected chi connectivity index (χ4v) is 3.15. The topological polar surface area (TPSA) is 96.6 Å². The third-order valence-electron chi connectivity index (χ3n) is 3.61. The van der Waals surface area contributed by atoms with Crippen LogP contribution < -0.4 is 5.11 Å². The fourth-order valence-electron chi connectivity index (χ4n) is 2.26. The molecule has 3 aromatic rings. The van der Waals surface area contributed by atoms with Crippen molar-refractivity contribution in [2.45, 2.75) is 37.1 Å². The second-order valence-electron chi connectivity index (χ2n) is 5.42. The summed E-state index contributed by atoms with van der Waals surface area (Å²) in [4.78, 5) is 19.5. The first-order chi connectivity index (χ1) is 11.6. The van der Waals surface area contributed by atoms with Gasteiger partial charge in [0.05, 0.1) is 17.8 Å². The normalized spacial score (nSPS) is 12.4. The number of aliphatic carboxylic acids is 1. The standard InChI is InChI=1S/C16H17N5O2S/c1-3-12(16(22)23)24-15-13-14(17-9-18-15)21(20-19-13)8-11-6-4-10(2)5-7-11/h4-7,9,12H,3,8H2,1-2H3,(H,22,23)/p-1/t12-/m1/s1. The zero-order valence-electron chi connectivity index (χ0n) is 13.3. The smallest absolute Gasteiger partial charge is 0.183 e. The number of hydrogen-bond donors (Lipinski definition) is 0. The first-order valence-electron chi connectivity index (χ1n) is 7.55. The van der Waals surface area contributed by atoms with Crippen LogP contribution in [0.15, 0.2) is 35.6 Å².